The number of nitrogens with two attached hydrogens (primary N) is 1. The van der Waals surface area contributed by atoms with Crippen molar-refractivity contribution in [2.24, 2.45) is 11.7 Å². The monoisotopic (exact) mass is 259 g/mol. The van der Waals surface area contributed by atoms with E-state index in [4.69, 9.17) is 17.3 Å². The molecule has 0 radical (unpaired) electrons. The predicted octanol–water partition coefficient (Wildman–Crippen LogP) is 0.707. The second kappa shape index (κ2) is 6.17. The van der Waals surface area contributed by atoms with Crippen molar-refractivity contribution in [2.45, 2.75) is 56.5 Å². The van der Waals surface area contributed by atoms with Crippen molar-refractivity contribution in [3.63, 3.8) is 0 Å². The molecule has 3 N–H and O–H groups in total. The first kappa shape index (κ1) is 13.3. The van der Waals surface area contributed by atoms with Crippen molar-refractivity contribution in [1.82, 2.24) is 0 Å². The smallest absolute Gasteiger partial charge is 0.189 e. The lowest BCUT2D eigenvalue weighted by atomic mass is 9.85. The van der Waals surface area contributed by atoms with Gasteiger partial charge in [0.05, 0.1) is 6.54 Å². The fraction of sp³-hybridized carbons (Fsp3) is 0.923. The first-order chi connectivity index (χ1) is 8.16. The molecule has 0 amide bonds. The van der Waals surface area contributed by atoms with Gasteiger partial charge >= 0.3 is 0 Å². The van der Waals surface area contributed by atoms with Gasteiger partial charge < -0.3 is 4.90 Å². The topological polar surface area (TPSA) is 47.5 Å². The number of nitrogens with one attached hydrogen (secondary N) is 1. The van der Waals surface area contributed by atoms with Crippen LogP contribution in [0.3, 0.4) is 0 Å². The van der Waals surface area contributed by atoms with E-state index in [0.29, 0.717) is 17.7 Å². The summed E-state index contributed by atoms with van der Waals surface area (Å²) in [5.74, 6) is 0.674. The van der Waals surface area contributed by atoms with Gasteiger partial charge in [0.15, 0.2) is 5.78 Å². The van der Waals surface area contributed by atoms with Crippen LogP contribution in [0.4, 0.5) is 0 Å². The maximum Gasteiger partial charge on any atom is 0.189 e. The van der Waals surface area contributed by atoms with Gasteiger partial charge in [-0.3, -0.25) is 10.5 Å². The molecule has 0 spiro atoms. The SMILES string of the molecule is NC1CCCC[NH+]1CC(=O)C1CCC(Cl)CC1. The third kappa shape index (κ3) is 3.67. The molecule has 1 aliphatic carbocycles. The van der Waals surface area contributed by atoms with Crippen molar-refractivity contribution in [1.29, 1.82) is 0 Å². The van der Waals surface area contributed by atoms with Crippen molar-refractivity contribution >= 4 is 17.4 Å². The van der Waals surface area contributed by atoms with Gasteiger partial charge in [-0.2, -0.15) is 0 Å². The molecule has 1 aliphatic heterocycles. The van der Waals surface area contributed by atoms with Crippen LogP contribution in [-0.2, 0) is 4.79 Å². The van der Waals surface area contributed by atoms with E-state index in [1.807, 2.05) is 0 Å². The number of likely N-dealkylation sites (tertiary alicyclic amines) is 1. The minimum absolute atomic E-state index is 0.178. The number of carbonyl (C=O) groups is 1. The van der Waals surface area contributed by atoms with Crippen molar-refractivity contribution in [3.05, 3.63) is 0 Å². The summed E-state index contributed by atoms with van der Waals surface area (Å²) < 4.78 is 0. The fourth-order valence-electron chi connectivity index (χ4n) is 3.07. The summed E-state index contributed by atoms with van der Waals surface area (Å²) in [6.07, 6.45) is 7.64. The van der Waals surface area contributed by atoms with E-state index in [9.17, 15) is 4.79 Å². The molecule has 2 unspecified atom stereocenters. The number of Topliss-reactive ketones (excluding diaryl/α,β-unsaturated/α-hetero) is 1. The molecule has 0 aromatic heterocycles. The van der Waals surface area contributed by atoms with Gasteiger partial charge in [0, 0.05) is 17.7 Å². The number of hydrogen-bond acceptors (Lipinski definition) is 2. The zero-order chi connectivity index (χ0) is 12.3. The summed E-state index contributed by atoms with van der Waals surface area (Å²) in [6, 6.07) is 0. The molecule has 2 atom stereocenters. The Morgan fingerprint density at radius 3 is 2.53 bits per heavy atom. The summed E-state index contributed by atoms with van der Waals surface area (Å²) in [4.78, 5) is 13.5. The summed E-state index contributed by atoms with van der Waals surface area (Å²) in [6.45, 7) is 1.70. The lowest BCUT2D eigenvalue weighted by molar-refractivity contribution is -0.922. The van der Waals surface area contributed by atoms with E-state index >= 15 is 0 Å². The van der Waals surface area contributed by atoms with E-state index in [0.717, 1.165) is 38.6 Å². The Morgan fingerprint density at radius 1 is 1.18 bits per heavy atom. The highest BCUT2D eigenvalue weighted by Crippen LogP contribution is 2.27. The molecule has 2 fully saturated rings. The molecule has 1 saturated heterocycles. The Morgan fingerprint density at radius 2 is 1.88 bits per heavy atom. The second-order valence-corrected chi connectivity index (χ2v) is 6.22. The average molecular weight is 260 g/mol. The van der Waals surface area contributed by atoms with E-state index in [1.165, 1.54) is 17.7 Å². The molecule has 0 aromatic carbocycles. The van der Waals surface area contributed by atoms with Gasteiger partial charge in [0.25, 0.3) is 0 Å². The van der Waals surface area contributed by atoms with Crippen molar-refractivity contribution in [2.75, 3.05) is 13.1 Å². The van der Waals surface area contributed by atoms with Crippen LogP contribution < -0.4 is 10.6 Å². The molecule has 0 aromatic rings. The predicted molar refractivity (Wildman–Crippen MR) is 69.1 cm³/mol. The number of ketones is 1. The molecule has 17 heavy (non-hydrogen) atoms. The largest absolute Gasteiger partial charge is 0.314 e. The van der Waals surface area contributed by atoms with Crippen LogP contribution in [0.5, 0.6) is 0 Å². The first-order valence-electron chi connectivity index (χ1n) is 6.93. The summed E-state index contributed by atoms with van der Waals surface area (Å²) >= 11 is 6.07. The van der Waals surface area contributed by atoms with Crippen LogP contribution in [0.15, 0.2) is 0 Å². The molecule has 98 valence electrons. The average Bonchev–Trinajstić information content (AvgIpc) is 2.33. The van der Waals surface area contributed by atoms with Crippen LogP contribution in [0.1, 0.15) is 44.9 Å². The lowest BCUT2D eigenvalue weighted by Gasteiger charge is -2.31. The molecule has 4 heteroatoms. The first-order valence-corrected chi connectivity index (χ1v) is 7.37. The molecule has 3 nitrogen and oxygen atoms in total. The normalized spacial score (nSPS) is 38.9. The van der Waals surface area contributed by atoms with Gasteiger partial charge in [-0.1, -0.05) is 0 Å². The highest BCUT2D eigenvalue weighted by atomic mass is 35.5. The number of quaternary nitrogens is 1. The Kier molecular flexibility index (Phi) is 4.83. The van der Waals surface area contributed by atoms with Crippen LogP contribution in [0, 0.1) is 5.92 Å². The number of halogens is 1. The summed E-state index contributed by atoms with van der Waals surface area (Å²) in [5, 5.41) is 0.295. The number of carbonyl (C=O) groups excluding carboxylic acids is 1. The van der Waals surface area contributed by atoms with E-state index < -0.39 is 0 Å². The molecule has 1 saturated carbocycles. The Hall–Kier alpha value is -0.120. The van der Waals surface area contributed by atoms with Crippen molar-refractivity contribution < 1.29 is 9.69 Å². The van der Waals surface area contributed by atoms with E-state index in [-0.39, 0.29) is 12.1 Å². The second-order valence-electron chi connectivity index (χ2n) is 5.60. The van der Waals surface area contributed by atoms with Gasteiger partial charge in [-0.05, 0) is 38.5 Å². The summed E-state index contributed by atoms with van der Waals surface area (Å²) in [7, 11) is 0. The van der Waals surface area contributed by atoms with E-state index in [2.05, 4.69) is 0 Å². The lowest BCUT2D eigenvalue weighted by Crippen LogP contribution is -3.19. The molecule has 2 aliphatic rings. The minimum Gasteiger partial charge on any atom is -0.314 e. The van der Waals surface area contributed by atoms with Crippen molar-refractivity contribution in [3.8, 4) is 0 Å². The zero-order valence-electron chi connectivity index (χ0n) is 10.5. The Balaban J connectivity index is 1.79. The minimum atomic E-state index is 0.178. The van der Waals surface area contributed by atoms with Crippen LogP contribution in [-0.4, -0.2) is 30.4 Å². The number of piperidine rings is 1. The van der Waals surface area contributed by atoms with E-state index in [1.54, 1.807) is 0 Å². The van der Waals surface area contributed by atoms with Gasteiger partial charge in [-0.25, -0.2) is 0 Å². The molecule has 0 bridgehead atoms. The van der Waals surface area contributed by atoms with Gasteiger partial charge in [0.1, 0.15) is 12.7 Å². The zero-order valence-corrected chi connectivity index (χ0v) is 11.2. The van der Waals surface area contributed by atoms with Crippen LogP contribution in [0.2, 0.25) is 0 Å². The molecular formula is C13H24ClN2O+. The quantitative estimate of drug-likeness (QED) is 0.734. The highest BCUT2D eigenvalue weighted by molar-refractivity contribution is 6.20. The van der Waals surface area contributed by atoms with Gasteiger partial charge in [-0.15, -0.1) is 11.6 Å². The number of alkyl halides is 1. The third-order valence-corrected chi connectivity index (χ3v) is 4.74. The standard InChI is InChI=1S/C13H23ClN2O/c14-11-6-4-10(5-7-11)12(17)9-16-8-2-1-3-13(16)15/h10-11,13H,1-9,15H2/p+1. The van der Waals surface area contributed by atoms with Gasteiger partial charge in [0.2, 0.25) is 0 Å². The summed E-state index contributed by atoms with van der Waals surface area (Å²) in [5.41, 5.74) is 6.07. The maximum absolute atomic E-state index is 12.2. The third-order valence-electron chi connectivity index (χ3n) is 4.30. The van der Waals surface area contributed by atoms with Crippen LogP contribution in [0.25, 0.3) is 0 Å². The maximum atomic E-state index is 12.2. The fourth-order valence-corrected chi connectivity index (χ4v) is 3.32. The number of rotatable bonds is 3. The molecule has 2 rings (SSSR count). The highest BCUT2D eigenvalue weighted by Gasteiger charge is 2.30. The Labute approximate surface area is 109 Å². The Bertz CT molecular complexity index is 264. The number of hydrogen-bond donors (Lipinski definition) is 2. The van der Waals surface area contributed by atoms with Crippen LogP contribution >= 0.6 is 11.6 Å². The molecule has 1 heterocycles. The molecular weight excluding hydrogens is 236 g/mol.